The number of aryl methyl sites for hydroxylation is 1. The van der Waals surface area contributed by atoms with Gasteiger partial charge in [0.2, 0.25) is 5.88 Å². The number of aromatic amines is 1. The quantitative estimate of drug-likeness (QED) is 0.600. The van der Waals surface area contributed by atoms with Crippen LogP contribution in [0.5, 0.6) is 5.88 Å². The van der Waals surface area contributed by atoms with Crippen molar-refractivity contribution in [1.82, 2.24) is 15.2 Å². The number of carbonyl (C=O) groups is 1. The summed E-state index contributed by atoms with van der Waals surface area (Å²) in [5, 5.41) is 11.7. The van der Waals surface area contributed by atoms with Crippen molar-refractivity contribution in [3.63, 3.8) is 0 Å². The number of benzene rings is 2. The van der Waals surface area contributed by atoms with Gasteiger partial charge >= 0.3 is 0 Å². The third kappa shape index (κ3) is 2.67. The Bertz CT molecular complexity index is 1100. The highest BCUT2D eigenvalue weighted by atomic mass is 16.5. The number of anilines is 1. The molecule has 2 aromatic carbocycles. The molecule has 25 heavy (non-hydrogen) atoms. The van der Waals surface area contributed by atoms with Gasteiger partial charge < -0.3 is 10.1 Å². The molecule has 2 heterocycles. The Kier molecular flexibility index (Phi) is 3.57. The SMILES string of the molecule is COc1cc(C(=O)Nc2cc3[nH]ncc3cc2C)c2ccccc2n1. The van der Waals surface area contributed by atoms with Gasteiger partial charge in [0, 0.05) is 22.5 Å². The summed E-state index contributed by atoms with van der Waals surface area (Å²) in [6.07, 6.45) is 1.76. The average molecular weight is 332 g/mol. The Morgan fingerprint density at radius 3 is 2.88 bits per heavy atom. The summed E-state index contributed by atoms with van der Waals surface area (Å²) >= 11 is 0. The van der Waals surface area contributed by atoms with E-state index in [1.54, 1.807) is 12.3 Å². The van der Waals surface area contributed by atoms with E-state index in [-0.39, 0.29) is 5.91 Å². The maximum atomic E-state index is 12.9. The maximum absolute atomic E-state index is 12.9. The Morgan fingerprint density at radius 2 is 2.04 bits per heavy atom. The predicted molar refractivity (Wildman–Crippen MR) is 97.1 cm³/mol. The van der Waals surface area contributed by atoms with Gasteiger partial charge in [-0.2, -0.15) is 5.10 Å². The molecule has 4 aromatic rings. The van der Waals surface area contributed by atoms with Crippen molar-refractivity contribution in [2.24, 2.45) is 0 Å². The Morgan fingerprint density at radius 1 is 1.20 bits per heavy atom. The molecule has 0 aliphatic heterocycles. The number of carbonyl (C=O) groups excluding carboxylic acids is 1. The fraction of sp³-hybridized carbons (Fsp3) is 0.105. The highest BCUT2D eigenvalue weighted by Gasteiger charge is 2.15. The molecule has 0 saturated heterocycles. The molecule has 124 valence electrons. The van der Waals surface area contributed by atoms with Crippen LogP contribution < -0.4 is 10.1 Å². The molecule has 0 fully saturated rings. The van der Waals surface area contributed by atoms with Gasteiger partial charge in [-0.25, -0.2) is 4.98 Å². The molecule has 0 bridgehead atoms. The van der Waals surface area contributed by atoms with Crippen LogP contribution in [0, 0.1) is 6.92 Å². The average Bonchev–Trinajstić information content (AvgIpc) is 3.08. The van der Waals surface area contributed by atoms with Crippen molar-refractivity contribution in [3.05, 3.63) is 59.8 Å². The van der Waals surface area contributed by atoms with Crippen LogP contribution >= 0.6 is 0 Å². The van der Waals surface area contributed by atoms with Gasteiger partial charge in [-0.15, -0.1) is 0 Å². The van der Waals surface area contributed by atoms with Crippen LogP contribution in [-0.4, -0.2) is 28.2 Å². The van der Waals surface area contributed by atoms with Gasteiger partial charge in [-0.3, -0.25) is 9.89 Å². The zero-order valence-electron chi connectivity index (χ0n) is 13.8. The molecule has 0 aliphatic rings. The van der Waals surface area contributed by atoms with E-state index in [0.717, 1.165) is 27.5 Å². The van der Waals surface area contributed by atoms with E-state index < -0.39 is 0 Å². The van der Waals surface area contributed by atoms with Gasteiger partial charge in [0.15, 0.2) is 0 Å². The second kappa shape index (κ2) is 5.90. The summed E-state index contributed by atoms with van der Waals surface area (Å²) in [4.78, 5) is 17.3. The highest BCUT2D eigenvalue weighted by Crippen LogP contribution is 2.25. The number of hydrogen-bond acceptors (Lipinski definition) is 4. The number of ether oxygens (including phenoxy) is 1. The van der Waals surface area contributed by atoms with E-state index in [1.165, 1.54) is 7.11 Å². The first kappa shape index (κ1) is 15.1. The molecule has 0 spiro atoms. The summed E-state index contributed by atoms with van der Waals surface area (Å²) < 4.78 is 5.23. The molecule has 4 rings (SSSR count). The summed E-state index contributed by atoms with van der Waals surface area (Å²) in [5.74, 6) is 0.198. The van der Waals surface area contributed by atoms with Crippen LogP contribution in [0.1, 0.15) is 15.9 Å². The van der Waals surface area contributed by atoms with E-state index in [1.807, 2.05) is 43.3 Å². The standard InChI is InChI=1S/C19H16N4O2/c1-11-7-12-10-20-23-17(12)9-16(11)22-19(24)14-8-18(25-2)21-15-6-4-3-5-13(14)15/h3-10H,1-2H3,(H,20,23)(H,22,24). The molecule has 6 nitrogen and oxygen atoms in total. The predicted octanol–water partition coefficient (Wildman–Crippen LogP) is 3.68. The molecule has 2 aromatic heterocycles. The number of nitrogens with zero attached hydrogens (tertiary/aromatic N) is 2. The fourth-order valence-electron chi connectivity index (χ4n) is 2.87. The molecule has 1 amide bonds. The number of rotatable bonds is 3. The Hall–Kier alpha value is -3.41. The lowest BCUT2D eigenvalue weighted by atomic mass is 10.1. The van der Waals surface area contributed by atoms with Crippen LogP contribution in [0.3, 0.4) is 0 Å². The van der Waals surface area contributed by atoms with Crippen molar-refractivity contribution in [2.75, 3.05) is 12.4 Å². The van der Waals surface area contributed by atoms with Gasteiger partial charge in [-0.1, -0.05) is 18.2 Å². The summed E-state index contributed by atoms with van der Waals surface area (Å²) in [6, 6.07) is 13.0. The van der Waals surface area contributed by atoms with Crippen LogP contribution in [0.2, 0.25) is 0 Å². The van der Waals surface area contributed by atoms with Crippen molar-refractivity contribution < 1.29 is 9.53 Å². The molecular formula is C19H16N4O2. The van der Waals surface area contributed by atoms with Crippen molar-refractivity contribution >= 4 is 33.4 Å². The molecule has 2 N–H and O–H groups in total. The van der Waals surface area contributed by atoms with E-state index in [0.29, 0.717) is 17.0 Å². The monoisotopic (exact) mass is 332 g/mol. The van der Waals surface area contributed by atoms with E-state index >= 15 is 0 Å². The number of nitrogens with one attached hydrogen (secondary N) is 2. The smallest absolute Gasteiger partial charge is 0.256 e. The molecule has 0 saturated carbocycles. The first-order valence-corrected chi connectivity index (χ1v) is 7.84. The van der Waals surface area contributed by atoms with E-state index in [9.17, 15) is 4.79 Å². The minimum absolute atomic E-state index is 0.209. The minimum Gasteiger partial charge on any atom is -0.481 e. The zero-order chi connectivity index (χ0) is 17.4. The van der Waals surface area contributed by atoms with E-state index in [2.05, 4.69) is 20.5 Å². The summed E-state index contributed by atoms with van der Waals surface area (Å²) in [7, 11) is 1.54. The second-order valence-corrected chi connectivity index (χ2v) is 5.81. The zero-order valence-corrected chi connectivity index (χ0v) is 13.8. The topological polar surface area (TPSA) is 79.9 Å². The van der Waals surface area contributed by atoms with Gasteiger partial charge in [-0.05, 0) is 30.7 Å². The van der Waals surface area contributed by atoms with Crippen molar-refractivity contribution in [2.45, 2.75) is 6.92 Å². The molecular weight excluding hydrogens is 316 g/mol. The van der Waals surface area contributed by atoms with Gasteiger partial charge in [0.25, 0.3) is 5.91 Å². The molecule has 0 unspecified atom stereocenters. The van der Waals surface area contributed by atoms with E-state index in [4.69, 9.17) is 4.74 Å². The summed E-state index contributed by atoms with van der Waals surface area (Å²) in [5.41, 5.74) is 3.81. The number of fused-ring (bicyclic) bond motifs is 2. The van der Waals surface area contributed by atoms with Gasteiger partial charge in [0.1, 0.15) is 0 Å². The molecule has 0 aliphatic carbocycles. The third-order valence-electron chi connectivity index (χ3n) is 4.18. The first-order chi connectivity index (χ1) is 12.2. The Labute approximate surface area is 143 Å². The van der Waals surface area contributed by atoms with Crippen LogP contribution in [0.25, 0.3) is 21.8 Å². The highest BCUT2D eigenvalue weighted by molar-refractivity contribution is 6.13. The summed E-state index contributed by atoms with van der Waals surface area (Å²) in [6.45, 7) is 1.95. The lowest BCUT2D eigenvalue weighted by Crippen LogP contribution is -2.14. The van der Waals surface area contributed by atoms with Crippen LogP contribution in [-0.2, 0) is 0 Å². The number of aromatic nitrogens is 3. The number of pyridine rings is 1. The lowest BCUT2D eigenvalue weighted by Gasteiger charge is -2.11. The first-order valence-electron chi connectivity index (χ1n) is 7.84. The lowest BCUT2D eigenvalue weighted by molar-refractivity contribution is 0.102. The maximum Gasteiger partial charge on any atom is 0.256 e. The normalized spacial score (nSPS) is 11.0. The van der Waals surface area contributed by atoms with Crippen LogP contribution in [0.15, 0.2) is 48.7 Å². The number of para-hydroxylation sites is 1. The molecule has 6 heteroatoms. The van der Waals surface area contributed by atoms with Crippen molar-refractivity contribution in [1.29, 1.82) is 0 Å². The minimum atomic E-state index is -0.209. The number of hydrogen-bond donors (Lipinski definition) is 2. The molecule has 0 radical (unpaired) electrons. The second-order valence-electron chi connectivity index (χ2n) is 5.81. The number of amides is 1. The van der Waals surface area contributed by atoms with Crippen LogP contribution in [0.4, 0.5) is 5.69 Å². The largest absolute Gasteiger partial charge is 0.481 e. The Balaban J connectivity index is 1.77. The van der Waals surface area contributed by atoms with Gasteiger partial charge in [0.05, 0.1) is 29.9 Å². The number of H-pyrrole nitrogens is 1. The third-order valence-corrected chi connectivity index (χ3v) is 4.18. The van der Waals surface area contributed by atoms with Crippen molar-refractivity contribution in [3.8, 4) is 5.88 Å². The fourth-order valence-corrected chi connectivity index (χ4v) is 2.87. The molecule has 0 atom stereocenters. The number of methoxy groups -OCH3 is 1.